The van der Waals surface area contributed by atoms with Gasteiger partial charge in [0.05, 0.1) is 6.61 Å². The van der Waals surface area contributed by atoms with Crippen molar-refractivity contribution >= 4 is 11.9 Å². The summed E-state index contributed by atoms with van der Waals surface area (Å²) in [6.07, 6.45) is 2.56. The molecule has 0 radical (unpaired) electrons. The van der Waals surface area contributed by atoms with Gasteiger partial charge in [-0.25, -0.2) is 0 Å². The van der Waals surface area contributed by atoms with Crippen molar-refractivity contribution in [1.29, 1.82) is 0 Å². The van der Waals surface area contributed by atoms with Crippen LogP contribution < -0.4 is 5.32 Å². The van der Waals surface area contributed by atoms with Crippen LogP contribution in [0.2, 0.25) is 0 Å². The monoisotopic (exact) mass is 270 g/mol. The molecule has 0 aliphatic carbocycles. The second-order valence-electron chi connectivity index (χ2n) is 5.32. The molecule has 0 aromatic heterocycles. The first-order valence-corrected chi connectivity index (χ1v) is 7.20. The average Bonchev–Trinajstić information content (AvgIpc) is 2.86. The van der Waals surface area contributed by atoms with Crippen LogP contribution in [0.5, 0.6) is 0 Å². The first-order chi connectivity index (χ1) is 9.04. The molecule has 0 aromatic carbocycles. The Morgan fingerprint density at radius 1 is 1.42 bits per heavy atom. The van der Waals surface area contributed by atoms with Crippen LogP contribution in [0.3, 0.4) is 0 Å². The minimum atomic E-state index is -0.327. The Kier molecular flexibility index (Phi) is 6.84. The Bertz CT molecular complexity index is 299. The van der Waals surface area contributed by atoms with Gasteiger partial charge in [-0.1, -0.05) is 0 Å². The van der Waals surface area contributed by atoms with Crippen LogP contribution in [0.25, 0.3) is 0 Å². The maximum Gasteiger partial charge on any atom is 0.325 e. The van der Waals surface area contributed by atoms with Crippen molar-refractivity contribution in [3.8, 4) is 0 Å². The first kappa shape index (κ1) is 16.0. The number of esters is 1. The predicted molar refractivity (Wildman–Crippen MR) is 73.7 cm³/mol. The second kappa shape index (κ2) is 8.15. The minimum Gasteiger partial charge on any atom is -0.465 e. The molecule has 1 amide bonds. The van der Waals surface area contributed by atoms with Crippen molar-refractivity contribution in [2.45, 2.75) is 46.1 Å². The molecule has 1 unspecified atom stereocenters. The lowest BCUT2D eigenvalue weighted by atomic mass is 10.0. The summed E-state index contributed by atoms with van der Waals surface area (Å²) in [5.74, 6) is 0.322. The molecule has 19 heavy (non-hydrogen) atoms. The molecule has 1 aliphatic rings. The Balaban J connectivity index is 2.40. The van der Waals surface area contributed by atoms with Gasteiger partial charge in [0.1, 0.15) is 6.54 Å². The van der Waals surface area contributed by atoms with Gasteiger partial charge in [-0.2, -0.15) is 0 Å². The molecule has 1 fully saturated rings. The van der Waals surface area contributed by atoms with Crippen LogP contribution in [-0.4, -0.2) is 49.1 Å². The zero-order chi connectivity index (χ0) is 14.3. The van der Waals surface area contributed by atoms with Gasteiger partial charge in [-0.05, 0) is 52.6 Å². The Morgan fingerprint density at radius 2 is 2.16 bits per heavy atom. The van der Waals surface area contributed by atoms with Crippen molar-refractivity contribution in [2.24, 2.45) is 5.92 Å². The Labute approximate surface area is 115 Å². The van der Waals surface area contributed by atoms with Gasteiger partial charge in [0, 0.05) is 12.5 Å². The third-order valence-corrected chi connectivity index (χ3v) is 3.48. The quantitative estimate of drug-likeness (QED) is 0.706. The van der Waals surface area contributed by atoms with Crippen molar-refractivity contribution in [1.82, 2.24) is 10.2 Å². The number of carbonyl (C=O) groups is 2. The van der Waals surface area contributed by atoms with E-state index in [2.05, 4.69) is 5.32 Å². The molecule has 0 bridgehead atoms. The molecule has 1 saturated heterocycles. The summed E-state index contributed by atoms with van der Waals surface area (Å²) in [7, 11) is 0. The normalized spacial score (nSPS) is 18.6. The average molecular weight is 270 g/mol. The fourth-order valence-electron chi connectivity index (χ4n) is 2.34. The highest BCUT2D eigenvalue weighted by Crippen LogP contribution is 2.16. The van der Waals surface area contributed by atoms with Crippen LogP contribution >= 0.6 is 0 Å². The number of rotatable bonds is 7. The molecule has 0 aromatic rings. The lowest BCUT2D eigenvalue weighted by molar-refractivity contribution is -0.150. The Hall–Kier alpha value is -1.10. The molecule has 5 heteroatoms. The van der Waals surface area contributed by atoms with Crippen molar-refractivity contribution in [2.75, 3.05) is 26.2 Å². The van der Waals surface area contributed by atoms with E-state index in [9.17, 15) is 9.59 Å². The molecule has 1 N–H and O–H groups in total. The van der Waals surface area contributed by atoms with Crippen LogP contribution in [0.4, 0.5) is 0 Å². The maximum atomic E-state index is 12.2. The number of carbonyl (C=O) groups excluding carboxylic acids is 2. The zero-order valence-corrected chi connectivity index (χ0v) is 12.3. The van der Waals surface area contributed by atoms with E-state index >= 15 is 0 Å². The molecular formula is C14H26N2O3. The summed E-state index contributed by atoms with van der Waals surface area (Å²) in [4.78, 5) is 25.3. The van der Waals surface area contributed by atoms with Crippen LogP contribution in [0.15, 0.2) is 0 Å². The summed E-state index contributed by atoms with van der Waals surface area (Å²) >= 11 is 0. The third kappa shape index (κ3) is 5.59. The van der Waals surface area contributed by atoms with Gasteiger partial charge in [-0.15, -0.1) is 0 Å². The summed E-state index contributed by atoms with van der Waals surface area (Å²) in [5.41, 5.74) is 0. The van der Waals surface area contributed by atoms with Gasteiger partial charge in [0.25, 0.3) is 0 Å². The number of nitrogens with one attached hydrogen (secondary N) is 1. The van der Waals surface area contributed by atoms with Gasteiger partial charge < -0.3 is 15.0 Å². The molecule has 1 rings (SSSR count). The van der Waals surface area contributed by atoms with Gasteiger partial charge in [0.15, 0.2) is 0 Å². The fraction of sp³-hybridized carbons (Fsp3) is 0.857. The van der Waals surface area contributed by atoms with E-state index in [-0.39, 0.29) is 24.5 Å². The summed E-state index contributed by atoms with van der Waals surface area (Å²) < 4.78 is 4.91. The molecule has 0 saturated carbocycles. The number of ether oxygens (including phenoxy) is 1. The lowest BCUT2D eigenvalue weighted by Crippen LogP contribution is -2.41. The summed E-state index contributed by atoms with van der Waals surface area (Å²) in [6.45, 7) is 8.09. The molecule has 110 valence electrons. The molecule has 5 nitrogen and oxygen atoms in total. The highest BCUT2D eigenvalue weighted by molar-refractivity contribution is 5.82. The number of hydrogen-bond donors (Lipinski definition) is 1. The Morgan fingerprint density at radius 3 is 2.68 bits per heavy atom. The molecule has 0 spiro atoms. The van der Waals surface area contributed by atoms with Crippen LogP contribution in [0.1, 0.15) is 40.0 Å². The largest absolute Gasteiger partial charge is 0.465 e. The highest BCUT2D eigenvalue weighted by atomic mass is 16.5. The van der Waals surface area contributed by atoms with E-state index in [1.54, 1.807) is 11.8 Å². The summed E-state index contributed by atoms with van der Waals surface area (Å²) in [5, 5.41) is 3.30. The van der Waals surface area contributed by atoms with E-state index in [0.29, 0.717) is 18.9 Å². The number of hydrogen-bond acceptors (Lipinski definition) is 4. The van der Waals surface area contributed by atoms with Crippen molar-refractivity contribution < 1.29 is 14.3 Å². The first-order valence-electron chi connectivity index (χ1n) is 7.20. The standard InChI is InChI=1S/C14H26N2O3/c1-4-19-14(18)10-16(11(2)3)13(17)6-5-12-7-8-15-9-12/h11-12,15H,4-10H2,1-3H3. The smallest absolute Gasteiger partial charge is 0.325 e. The highest BCUT2D eigenvalue weighted by Gasteiger charge is 2.22. The van der Waals surface area contributed by atoms with Crippen LogP contribution in [0, 0.1) is 5.92 Å². The molecular weight excluding hydrogens is 244 g/mol. The van der Waals surface area contributed by atoms with Crippen molar-refractivity contribution in [3.63, 3.8) is 0 Å². The summed E-state index contributed by atoms with van der Waals surface area (Å²) in [6, 6.07) is 0.0265. The zero-order valence-electron chi connectivity index (χ0n) is 12.3. The minimum absolute atomic E-state index is 0.0265. The topological polar surface area (TPSA) is 58.6 Å². The predicted octanol–water partition coefficient (Wildman–Crippen LogP) is 1.18. The van der Waals surface area contributed by atoms with Gasteiger partial charge >= 0.3 is 5.97 Å². The van der Waals surface area contributed by atoms with Crippen LogP contribution in [-0.2, 0) is 14.3 Å². The molecule has 1 atom stereocenters. The maximum absolute atomic E-state index is 12.2. The van der Waals surface area contributed by atoms with Gasteiger partial charge in [0.2, 0.25) is 5.91 Å². The van der Waals surface area contributed by atoms with Gasteiger partial charge in [-0.3, -0.25) is 9.59 Å². The van der Waals surface area contributed by atoms with Crippen molar-refractivity contribution in [3.05, 3.63) is 0 Å². The van der Waals surface area contributed by atoms with E-state index in [1.807, 2.05) is 13.8 Å². The third-order valence-electron chi connectivity index (χ3n) is 3.48. The lowest BCUT2D eigenvalue weighted by Gasteiger charge is -2.26. The fourth-order valence-corrected chi connectivity index (χ4v) is 2.34. The molecule has 1 aliphatic heterocycles. The molecule has 1 heterocycles. The SMILES string of the molecule is CCOC(=O)CN(C(=O)CCC1CCNC1)C(C)C. The van der Waals surface area contributed by atoms with E-state index in [1.165, 1.54) is 0 Å². The second-order valence-corrected chi connectivity index (χ2v) is 5.32. The number of nitrogens with zero attached hydrogens (tertiary/aromatic N) is 1. The number of amides is 1. The van der Waals surface area contributed by atoms with E-state index in [0.717, 1.165) is 25.9 Å². The van der Waals surface area contributed by atoms with E-state index < -0.39 is 0 Å². The van der Waals surface area contributed by atoms with E-state index in [4.69, 9.17) is 4.74 Å².